The molecule has 2 rings (SSSR count). The molecule has 0 saturated heterocycles. The first-order valence-electron chi connectivity index (χ1n) is 3.35. The summed E-state index contributed by atoms with van der Waals surface area (Å²) in [6.45, 7) is 0. The number of hydrogen-bond acceptors (Lipinski definition) is 3. The summed E-state index contributed by atoms with van der Waals surface area (Å²) >= 11 is 4.84. The summed E-state index contributed by atoms with van der Waals surface area (Å²) in [7, 11) is 0. The van der Waals surface area contributed by atoms with Gasteiger partial charge in [0.15, 0.2) is 0 Å². The van der Waals surface area contributed by atoms with Gasteiger partial charge in [-0.1, -0.05) is 0 Å². The lowest BCUT2D eigenvalue weighted by Crippen LogP contribution is -2.04. The van der Waals surface area contributed by atoms with Crippen molar-refractivity contribution in [3.8, 4) is 0 Å². The van der Waals surface area contributed by atoms with Crippen LogP contribution in [0.1, 0.15) is 0 Å². The second-order valence-corrected chi connectivity index (χ2v) is 3.85. The van der Waals surface area contributed by atoms with Crippen LogP contribution in [0.3, 0.4) is 0 Å². The molecule has 1 N–H and O–H groups in total. The minimum Gasteiger partial charge on any atom is -0.269 e. The van der Waals surface area contributed by atoms with Crippen LogP contribution in [0.25, 0.3) is 0 Å². The Kier molecular flexibility index (Phi) is 2.14. The molecule has 0 aliphatic carbocycles. The van der Waals surface area contributed by atoms with Crippen molar-refractivity contribution in [1.82, 2.24) is 9.66 Å². The van der Waals surface area contributed by atoms with Crippen molar-refractivity contribution in [2.75, 3.05) is 5.43 Å². The molecular weight excluding hydrogens is 238 g/mol. The van der Waals surface area contributed by atoms with Crippen molar-refractivity contribution in [1.29, 1.82) is 0 Å². The molecule has 2 aromatic rings. The predicted molar refractivity (Wildman–Crippen MR) is 53.3 cm³/mol. The first kappa shape index (κ1) is 7.82. The number of hydrogen-bond donors (Lipinski definition) is 1. The van der Waals surface area contributed by atoms with Crippen molar-refractivity contribution in [2.45, 2.75) is 0 Å². The van der Waals surface area contributed by atoms with E-state index in [0.29, 0.717) is 0 Å². The van der Waals surface area contributed by atoms with Crippen LogP contribution in [0, 0.1) is 0 Å². The molecule has 0 saturated carbocycles. The summed E-state index contributed by atoms with van der Waals surface area (Å²) < 4.78 is 2.72. The fourth-order valence-electron chi connectivity index (χ4n) is 0.825. The quantitative estimate of drug-likeness (QED) is 0.879. The Morgan fingerprint density at radius 1 is 1.42 bits per heavy atom. The van der Waals surface area contributed by atoms with E-state index < -0.39 is 0 Å². The van der Waals surface area contributed by atoms with Gasteiger partial charge in [-0.2, -0.15) is 0 Å². The lowest BCUT2D eigenvalue weighted by molar-refractivity contribution is 0.963. The Labute approximate surface area is 82.2 Å². The molecule has 0 aliphatic heterocycles. The third-order valence-electron chi connectivity index (χ3n) is 1.31. The fourth-order valence-corrected chi connectivity index (χ4v) is 1.97. The maximum absolute atomic E-state index is 4.19. The molecule has 2 heterocycles. The van der Waals surface area contributed by atoms with E-state index in [0.717, 1.165) is 9.73 Å². The van der Waals surface area contributed by atoms with Gasteiger partial charge in [0.25, 0.3) is 0 Å². The zero-order valence-corrected chi connectivity index (χ0v) is 8.47. The fraction of sp³-hybridized carbons (Fsp3) is 0. The van der Waals surface area contributed by atoms with Crippen molar-refractivity contribution in [3.05, 3.63) is 34.5 Å². The van der Waals surface area contributed by atoms with E-state index in [-0.39, 0.29) is 0 Å². The molecule has 0 amide bonds. The van der Waals surface area contributed by atoms with Crippen LogP contribution >= 0.6 is 27.3 Å². The maximum Gasteiger partial charge on any atom is 0.203 e. The van der Waals surface area contributed by atoms with E-state index in [1.807, 2.05) is 34.6 Å². The summed E-state index contributed by atoms with van der Waals surface area (Å²) in [6, 6.07) is 3.91. The van der Waals surface area contributed by atoms with Gasteiger partial charge in [0.1, 0.15) is 4.60 Å². The third kappa shape index (κ3) is 1.67. The highest BCUT2D eigenvalue weighted by atomic mass is 79.9. The lowest BCUT2D eigenvalue weighted by Gasteiger charge is -2.01. The summed E-state index contributed by atoms with van der Waals surface area (Å²) in [4.78, 5) is 4.19. The maximum atomic E-state index is 4.19. The monoisotopic (exact) mass is 243 g/mol. The molecule has 0 aliphatic rings. The Bertz CT molecular complexity index is 354. The second-order valence-electron chi connectivity index (χ2n) is 2.18. The SMILES string of the molecule is Brc1csc(Nn2cccc2)n1. The molecule has 0 unspecified atom stereocenters. The topological polar surface area (TPSA) is 29.9 Å². The van der Waals surface area contributed by atoms with Crippen LogP contribution in [-0.2, 0) is 0 Å². The van der Waals surface area contributed by atoms with Crippen LogP contribution in [0.2, 0.25) is 0 Å². The minimum atomic E-state index is 0.863. The molecule has 3 nitrogen and oxygen atoms in total. The number of rotatable bonds is 2. The van der Waals surface area contributed by atoms with Gasteiger partial charge in [-0.05, 0) is 28.1 Å². The molecule has 0 bridgehead atoms. The number of aromatic nitrogens is 2. The van der Waals surface area contributed by atoms with Gasteiger partial charge in [-0.3, -0.25) is 10.1 Å². The van der Waals surface area contributed by atoms with Gasteiger partial charge in [0.2, 0.25) is 5.13 Å². The first-order valence-corrected chi connectivity index (χ1v) is 5.03. The first-order chi connectivity index (χ1) is 5.84. The minimum absolute atomic E-state index is 0.863. The number of nitrogens with zero attached hydrogens (tertiary/aromatic N) is 2. The van der Waals surface area contributed by atoms with Crippen LogP contribution < -0.4 is 5.43 Å². The third-order valence-corrected chi connectivity index (χ3v) is 2.76. The lowest BCUT2D eigenvalue weighted by atomic mass is 10.7. The van der Waals surface area contributed by atoms with Crippen molar-refractivity contribution in [3.63, 3.8) is 0 Å². The smallest absolute Gasteiger partial charge is 0.203 e. The number of anilines is 1. The molecule has 0 aromatic carbocycles. The molecule has 0 atom stereocenters. The van der Waals surface area contributed by atoms with E-state index in [1.54, 1.807) is 11.3 Å². The van der Waals surface area contributed by atoms with Gasteiger partial charge in [-0.25, -0.2) is 4.98 Å². The predicted octanol–water partition coefficient (Wildman–Crippen LogP) is 2.58. The summed E-state index contributed by atoms with van der Waals surface area (Å²) in [5.41, 5.74) is 3.10. The van der Waals surface area contributed by atoms with Gasteiger partial charge in [-0.15, -0.1) is 11.3 Å². The summed E-state index contributed by atoms with van der Waals surface area (Å²) in [6.07, 6.45) is 3.85. The Hall–Kier alpha value is -0.810. The van der Waals surface area contributed by atoms with Crippen molar-refractivity contribution in [2.24, 2.45) is 0 Å². The van der Waals surface area contributed by atoms with Crippen LogP contribution in [-0.4, -0.2) is 9.66 Å². The molecule has 5 heteroatoms. The second kappa shape index (κ2) is 3.28. The van der Waals surface area contributed by atoms with Crippen LogP contribution in [0.5, 0.6) is 0 Å². The highest BCUT2D eigenvalue weighted by molar-refractivity contribution is 9.10. The van der Waals surface area contributed by atoms with E-state index in [4.69, 9.17) is 0 Å². The van der Waals surface area contributed by atoms with Crippen molar-refractivity contribution >= 4 is 32.4 Å². The van der Waals surface area contributed by atoms with Crippen LogP contribution in [0.15, 0.2) is 34.5 Å². The zero-order chi connectivity index (χ0) is 8.39. The molecule has 62 valence electrons. The van der Waals surface area contributed by atoms with Crippen molar-refractivity contribution < 1.29 is 0 Å². The van der Waals surface area contributed by atoms with Gasteiger partial charge >= 0.3 is 0 Å². The summed E-state index contributed by atoms with van der Waals surface area (Å²) in [5.74, 6) is 0. The largest absolute Gasteiger partial charge is 0.269 e. The average Bonchev–Trinajstić information content (AvgIpc) is 2.63. The Morgan fingerprint density at radius 3 is 2.75 bits per heavy atom. The molecule has 0 radical (unpaired) electrons. The van der Waals surface area contributed by atoms with E-state index in [2.05, 4.69) is 26.3 Å². The average molecular weight is 244 g/mol. The van der Waals surface area contributed by atoms with E-state index in [9.17, 15) is 0 Å². The number of thiazole rings is 1. The standard InChI is InChI=1S/C7H6BrN3S/c8-6-5-12-7(9-6)10-11-3-1-2-4-11/h1-5H,(H,9,10). The number of nitrogens with one attached hydrogen (secondary N) is 1. The van der Waals surface area contributed by atoms with Crippen LogP contribution in [0.4, 0.5) is 5.13 Å². The van der Waals surface area contributed by atoms with Gasteiger partial charge in [0.05, 0.1) is 0 Å². The molecule has 0 fully saturated rings. The molecular formula is C7H6BrN3S. The normalized spacial score (nSPS) is 10.1. The molecule has 0 spiro atoms. The Balaban J connectivity index is 2.14. The molecule has 2 aromatic heterocycles. The molecule has 12 heavy (non-hydrogen) atoms. The van der Waals surface area contributed by atoms with Gasteiger partial charge in [0, 0.05) is 17.8 Å². The summed E-state index contributed by atoms with van der Waals surface area (Å²) in [5, 5.41) is 2.81. The van der Waals surface area contributed by atoms with E-state index in [1.165, 1.54) is 0 Å². The highest BCUT2D eigenvalue weighted by Gasteiger charge is 1.97. The zero-order valence-electron chi connectivity index (χ0n) is 6.07. The van der Waals surface area contributed by atoms with E-state index >= 15 is 0 Å². The Morgan fingerprint density at radius 2 is 2.17 bits per heavy atom. The van der Waals surface area contributed by atoms with Gasteiger partial charge < -0.3 is 0 Å². The number of halogens is 1. The highest BCUT2D eigenvalue weighted by Crippen LogP contribution is 2.19.